The summed E-state index contributed by atoms with van der Waals surface area (Å²) in [5, 5.41) is 9.07. The zero-order valence-electron chi connectivity index (χ0n) is 9.77. The molecule has 3 nitrogen and oxygen atoms in total. The van der Waals surface area contributed by atoms with Crippen molar-refractivity contribution in [2.24, 2.45) is 0 Å². The fourth-order valence-electron chi connectivity index (χ4n) is 1.54. The van der Waals surface area contributed by atoms with Gasteiger partial charge in [-0.2, -0.15) is 0 Å². The first-order valence-electron chi connectivity index (χ1n) is 5.46. The third-order valence-electron chi connectivity index (χ3n) is 2.48. The molecule has 0 amide bonds. The Kier molecular flexibility index (Phi) is 4.16. The molecule has 0 bridgehead atoms. The molecule has 1 N–H and O–H groups in total. The molecular formula is C14H10BrFO3. The molecule has 0 saturated heterocycles. The number of carbonyl (C=O) groups is 1. The lowest BCUT2D eigenvalue weighted by Gasteiger charge is -2.09. The Balaban J connectivity index is 2.15. The number of hydrogen-bond acceptors (Lipinski definition) is 2. The average Bonchev–Trinajstić information content (AvgIpc) is 2.39. The highest BCUT2D eigenvalue weighted by atomic mass is 79.9. The first kappa shape index (κ1) is 13.5. The maximum Gasteiger partial charge on any atom is 0.339 e. The predicted octanol–water partition coefficient (Wildman–Crippen LogP) is 3.87. The van der Waals surface area contributed by atoms with Crippen molar-refractivity contribution in [1.82, 2.24) is 0 Å². The van der Waals surface area contributed by atoms with Crippen LogP contribution in [0, 0.1) is 5.82 Å². The molecule has 5 heteroatoms. The van der Waals surface area contributed by atoms with Gasteiger partial charge >= 0.3 is 5.97 Å². The highest BCUT2D eigenvalue weighted by Crippen LogP contribution is 2.24. The molecule has 0 aliphatic heterocycles. The van der Waals surface area contributed by atoms with Crippen molar-refractivity contribution in [2.75, 3.05) is 0 Å². The van der Waals surface area contributed by atoms with E-state index in [1.54, 1.807) is 24.3 Å². The van der Waals surface area contributed by atoms with E-state index in [2.05, 4.69) is 15.9 Å². The zero-order chi connectivity index (χ0) is 13.8. The second-order valence-electron chi connectivity index (χ2n) is 3.86. The maximum atomic E-state index is 12.7. The van der Waals surface area contributed by atoms with Gasteiger partial charge in [0.1, 0.15) is 23.7 Å². The van der Waals surface area contributed by atoms with Crippen LogP contribution in [-0.2, 0) is 6.61 Å². The van der Waals surface area contributed by atoms with Crippen LogP contribution in [0.3, 0.4) is 0 Å². The van der Waals surface area contributed by atoms with Crippen molar-refractivity contribution >= 4 is 21.9 Å². The van der Waals surface area contributed by atoms with Crippen LogP contribution in [0.4, 0.5) is 4.39 Å². The molecule has 0 fully saturated rings. The Labute approximate surface area is 117 Å². The van der Waals surface area contributed by atoms with Gasteiger partial charge in [-0.3, -0.25) is 0 Å². The van der Waals surface area contributed by atoms with E-state index in [0.29, 0.717) is 4.47 Å². The number of hydrogen-bond donors (Lipinski definition) is 1. The number of halogens is 2. The highest BCUT2D eigenvalue weighted by Gasteiger charge is 2.11. The van der Waals surface area contributed by atoms with Crippen molar-refractivity contribution in [1.29, 1.82) is 0 Å². The molecule has 0 heterocycles. The smallest absolute Gasteiger partial charge is 0.339 e. The van der Waals surface area contributed by atoms with E-state index in [1.165, 1.54) is 18.2 Å². The lowest BCUT2D eigenvalue weighted by molar-refractivity contribution is 0.0691. The van der Waals surface area contributed by atoms with Crippen molar-refractivity contribution in [2.45, 2.75) is 6.61 Å². The molecule has 0 saturated carbocycles. The van der Waals surface area contributed by atoms with E-state index in [1.807, 2.05) is 0 Å². The summed E-state index contributed by atoms with van der Waals surface area (Å²) in [6.07, 6.45) is 0. The molecule has 0 aliphatic carbocycles. The quantitative estimate of drug-likeness (QED) is 0.928. The van der Waals surface area contributed by atoms with Crippen LogP contribution < -0.4 is 4.74 Å². The number of benzene rings is 2. The third-order valence-corrected chi connectivity index (χ3v) is 2.97. The van der Waals surface area contributed by atoms with E-state index in [0.717, 1.165) is 5.56 Å². The zero-order valence-corrected chi connectivity index (χ0v) is 11.4. The molecule has 19 heavy (non-hydrogen) atoms. The molecule has 0 aromatic heterocycles. The van der Waals surface area contributed by atoms with Gasteiger partial charge in [0.25, 0.3) is 0 Å². The summed E-state index contributed by atoms with van der Waals surface area (Å²) in [7, 11) is 0. The SMILES string of the molecule is O=C(O)c1cc(Br)ccc1OCc1ccc(F)cc1. The molecule has 0 atom stereocenters. The summed E-state index contributed by atoms with van der Waals surface area (Å²) in [4.78, 5) is 11.1. The van der Waals surface area contributed by atoms with Crippen molar-refractivity contribution in [3.8, 4) is 5.75 Å². The average molecular weight is 325 g/mol. The monoisotopic (exact) mass is 324 g/mol. The fourth-order valence-corrected chi connectivity index (χ4v) is 1.90. The molecule has 2 aromatic carbocycles. The Morgan fingerprint density at radius 3 is 2.53 bits per heavy atom. The molecule has 2 rings (SSSR count). The van der Waals surface area contributed by atoms with Crippen LogP contribution in [0.2, 0.25) is 0 Å². The largest absolute Gasteiger partial charge is 0.488 e. The molecule has 98 valence electrons. The van der Waals surface area contributed by atoms with Crippen LogP contribution in [0.25, 0.3) is 0 Å². The second kappa shape index (κ2) is 5.84. The summed E-state index contributed by atoms with van der Waals surface area (Å²) in [6.45, 7) is 0.183. The molecule has 0 aliphatic rings. The van der Waals surface area contributed by atoms with Crippen LogP contribution in [0.15, 0.2) is 46.9 Å². The molecular weight excluding hydrogens is 315 g/mol. The molecule has 2 aromatic rings. The van der Waals surface area contributed by atoms with Crippen LogP contribution in [-0.4, -0.2) is 11.1 Å². The van der Waals surface area contributed by atoms with E-state index in [4.69, 9.17) is 9.84 Å². The van der Waals surface area contributed by atoms with Crippen LogP contribution >= 0.6 is 15.9 Å². The van der Waals surface area contributed by atoms with Crippen molar-refractivity contribution in [3.63, 3.8) is 0 Å². The normalized spacial score (nSPS) is 10.2. The maximum absolute atomic E-state index is 12.7. The van der Waals surface area contributed by atoms with E-state index < -0.39 is 5.97 Å². The molecule has 0 spiro atoms. The van der Waals surface area contributed by atoms with Gasteiger partial charge in [-0.25, -0.2) is 9.18 Å². The number of ether oxygens (including phenoxy) is 1. The highest BCUT2D eigenvalue weighted by molar-refractivity contribution is 9.10. The van der Waals surface area contributed by atoms with Gasteiger partial charge in [-0.15, -0.1) is 0 Å². The number of carboxylic acids is 1. The van der Waals surface area contributed by atoms with Gasteiger partial charge < -0.3 is 9.84 Å². The van der Waals surface area contributed by atoms with Crippen LogP contribution in [0.1, 0.15) is 15.9 Å². The summed E-state index contributed by atoms with van der Waals surface area (Å²) < 4.78 is 18.9. The minimum atomic E-state index is -1.06. The van der Waals surface area contributed by atoms with Crippen molar-refractivity contribution < 1.29 is 19.0 Å². The summed E-state index contributed by atoms with van der Waals surface area (Å²) in [5.41, 5.74) is 0.845. The van der Waals surface area contributed by atoms with Crippen molar-refractivity contribution in [3.05, 3.63) is 63.9 Å². The predicted molar refractivity (Wildman–Crippen MR) is 71.8 cm³/mol. The summed E-state index contributed by atoms with van der Waals surface area (Å²) in [5.74, 6) is -1.10. The first-order chi connectivity index (χ1) is 9.06. The van der Waals surface area contributed by atoms with Gasteiger partial charge in [-0.05, 0) is 35.9 Å². The Hall–Kier alpha value is -1.88. The minimum absolute atomic E-state index is 0.0801. The van der Waals surface area contributed by atoms with Gasteiger partial charge in [0, 0.05) is 4.47 Å². The summed E-state index contributed by atoms with van der Waals surface area (Å²) in [6, 6.07) is 10.6. The van der Waals surface area contributed by atoms with E-state index >= 15 is 0 Å². The Bertz CT molecular complexity index is 596. The van der Waals surface area contributed by atoms with Gasteiger partial charge in [0.15, 0.2) is 0 Å². The minimum Gasteiger partial charge on any atom is -0.488 e. The Morgan fingerprint density at radius 2 is 1.89 bits per heavy atom. The van der Waals surface area contributed by atoms with Gasteiger partial charge in [0.2, 0.25) is 0 Å². The third kappa shape index (κ3) is 3.54. The first-order valence-corrected chi connectivity index (χ1v) is 6.25. The number of aromatic carboxylic acids is 1. The van der Waals surface area contributed by atoms with E-state index in [9.17, 15) is 9.18 Å². The number of carboxylic acid groups (broad SMARTS) is 1. The van der Waals surface area contributed by atoms with Crippen LogP contribution in [0.5, 0.6) is 5.75 Å². The number of rotatable bonds is 4. The molecule has 0 radical (unpaired) electrons. The standard InChI is InChI=1S/C14H10BrFO3/c15-10-3-6-13(12(7-10)14(17)18)19-8-9-1-4-11(16)5-2-9/h1-7H,8H2,(H,17,18). The lowest BCUT2D eigenvalue weighted by atomic mass is 10.2. The summed E-state index contributed by atoms with van der Waals surface area (Å²) >= 11 is 3.21. The van der Waals surface area contributed by atoms with Gasteiger partial charge in [0.05, 0.1) is 0 Å². The second-order valence-corrected chi connectivity index (χ2v) is 4.78. The van der Waals surface area contributed by atoms with Gasteiger partial charge in [-0.1, -0.05) is 28.1 Å². The topological polar surface area (TPSA) is 46.5 Å². The lowest BCUT2D eigenvalue weighted by Crippen LogP contribution is -2.03. The Morgan fingerprint density at radius 1 is 1.21 bits per heavy atom. The fraction of sp³-hybridized carbons (Fsp3) is 0.0714. The van der Waals surface area contributed by atoms with E-state index in [-0.39, 0.29) is 23.7 Å². The molecule has 0 unspecified atom stereocenters.